The molecule has 0 fully saturated rings. The minimum Gasteiger partial charge on any atom is -0.350 e. The summed E-state index contributed by atoms with van der Waals surface area (Å²) < 4.78 is 0. The van der Waals surface area contributed by atoms with Gasteiger partial charge in [-0.1, -0.05) is 54.6 Å². The van der Waals surface area contributed by atoms with Gasteiger partial charge in [0, 0.05) is 30.0 Å². The molecule has 4 nitrogen and oxygen atoms in total. The van der Waals surface area contributed by atoms with E-state index in [-0.39, 0.29) is 17.4 Å². The van der Waals surface area contributed by atoms with E-state index in [2.05, 4.69) is 17.4 Å². The number of benzene rings is 2. The van der Waals surface area contributed by atoms with E-state index in [4.69, 9.17) is 0 Å². The van der Waals surface area contributed by atoms with Crippen molar-refractivity contribution in [2.24, 2.45) is 0 Å². The van der Waals surface area contributed by atoms with Crippen LogP contribution >= 0.6 is 11.8 Å². The van der Waals surface area contributed by atoms with Crippen molar-refractivity contribution in [2.45, 2.75) is 64.9 Å². The molecule has 0 aliphatic carbocycles. The van der Waals surface area contributed by atoms with Crippen molar-refractivity contribution in [2.75, 3.05) is 5.75 Å². The van der Waals surface area contributed by atoms with E-state index < -0.39 is 6.04 Å². The zero-order chi connectivity index (χ0) is 22.1. The Morgan fingerprint density at radius 1 is 1.03 bits per heavy atom. The first-order chi connectivity index (χ1) is 14.2. The Kier molecular flexibility index (Phi) is 8.97. The van der Waals surface area contributed by atoms with Crippen molar-refractivity contribution in [3.63, 3.8) is 0 Å². The number of hydrogen-bond acceptors (Lipinski definition) is 3. The molecule has 0 aromatic heterocycles. The monoisotopic (exact) mass is 426 g/mol. The lowest BCUT2D eigenvalue weighted by Crippen LogP contribution is -2.52. The fraction of sp³-hybridized carbons (Fsp3) is 0.440. The molecule has 0 saturated carbocycles. The molecule has 0 aliphatic rings. The number of rotatable bonds is 9. The first kappa shape index (κ1) is 24.0. The summed E-state index contributed by atoms with van der Waals surface area (Å²) >= 11 is 1.74. The Balaban J connectivity index is 2.04. The summed E-state index contributed by atoms with van der Waals surface area (Å²) in [7, 11) is 0. The van der Waals surface area contributed by atoms with E-state index in [1.165, 1.54) is 5.56 Å². The molecule has 2 aromatic carbocycles. The molecule has 2 amide bonds. The van der Waals surface area contributed by atoms with Crippen molar-refractivity contribution in [3.05, 3.63) is 71.3 Å². The Labute approximate surface area is 185 Å². The van der Waals surface area contributed by atoms with Crippen LogP contribution in [-0.4, -0.2) is 34.0 Å². The van der Waals surface area contributed by atoms with Crippen LogP contribution in [0.15, 0.2) is 54.6 Å². The minimum atomic E-state index is -0.532. The van der Waals surface area contributed by atoms with E-state index in [0.717, 1.165) is 22.6 Å². The van der Waals surface area contributed by atoms with Gasteiger partial charge in [0.2, 0.25) is 11.8 Å². The van der Waals surface area contributed by atoms with Crippen LogP contribution in [0, 0.1) is 6.92 Å². The van der Waals surface area contributed by atoms with Gasteiger partial charge in [0.15, 0.2) is 0 Å². The fourth-order valence-corrected chi connectivity index (χ4v) is 3.99. The summed E-state index contributed by atoms with van der Waals surface area (Å²) in [5, 5.41) is 3.01. The van der Waals surface area contributed by atoms with Crippen LogP contribution < -0.4 is 5.32 Å². The Morgan fingerprint density at radius 3 is 2.30 bits per heavy atom. The number of carbonyl (C=O) groups is 2. The Hall–Kier alpha value is -2.27. The second-order valence-corrected chi connectivity index (χ2v) is 9.76. The summed E-state index contributed by atoms with van der Waals surface area (Å²) in [4.78, 5) is 27.6. The lowest BCUT2D eigenvalue weighted by atomic mass is 10.1. The molecule has 0 bridgehead atoms. The van der Waals surface area contributed by atoms with Gasteiger partial charge in [0.25, 0.3) is 0 Å². The van der Waals surface area contributed by atoms with Crippen molar-refractivity contribution < 1.29 is 9.59 Å². The highest BCUT2D eigenvalue weighted by Gasteiger charge is 2.28. The predicted molar refractivity (Wildman–Crippen MR) is 126 cm³/mol. The second-order valence-electron chi connectivity index (χ2n) is 8.65. The third-order valence-electron chi connectivity index (χ3n) is 4.84. The van der Waals surface area contributed by atoms with Crippen LogP contribution in [-0.2, 0) is 21.9 Å². The molecule has 2 aromatic rings. The zero-order valence-corrected chi connectivity index (χ0v) is 19.6. The summed E-state index contributed by atoms with van der Waals surface area (Å²) in [5.41, 5.74) is 3.11. The molecule has 1 N–H and O–H groups in total. The minimum absolute atomic E-state index is 0.00961. The average Bonchev–Trinajstić information content (AvgIpc) is 2.69. The molecule has 30 heavy (non-hydrogen) atoms. The van der Waals surface area contributed by atoms with E-state index in [9.17, 15) is 9.59 Å². The van der Waals surface area contributed by atoms with E-state index >= 15 is 0 Å². The fourth-order valence-electron chi connectivity index (χ4n) is 3.10. The van der Waals surface area contributed by atoms with Gasteiger partial charge in [-0.3, -0.25) is 9.59 Å². The van der Waals surface area contributed by atoms with Crippen molar-refractivity contribution in [3.8, 4) is 0 Å². The van der Waals surface area contributed by atoms with E-state index in [0.29, 0.717) is 13.0 Å². The molecule has 0 heterocycles. The molecule has 162 valence electrons. The SMILES string of the molecule is Cc1ccccc1CN(C(=O)CCSCc1ccccc1)[C@H](C)C(=O)NC(C)(C)C. The Morgan fingerprint density at radius 2 is 1.67 bits per heavy atom. The maximum Gasteiger partial charge on any atom is 0.242 e. The van der Waals surface area contributed by atoms with Crippen LogP contribution in [0.2, 0.25) is 0 Å². The highest BCUT2D eigenvalue weighted by Crippen LogP contribution is 2.18. The van der Waals surface area contributed by atoms with Crippen LogP contribution in [0.25, 0.3) is 0 Å². The topological polar surface area (TPSA) is 49.4 Å². The summed E-state index contributed by atoms with van der Waals surface area (Å²) in [6.45, 7) is 10.1. The van der Waals surface area contributed by atoms with E-state index in [1.807, 2.05) is 77.1 Å². The average molecular weight is 427 g/mol. The third kappa shape index (κ3) is 7.86. The first-order valence-electron chi connectivity index (χ1n) is 10.4. The highest BCUT2D eigenvalue weighted by molar-refractivity contribution is 7.98. The molecular formula is C25H34N2O2S. The van der Waals surface area contributed by atoms with Crippen LogP contribution in [0.4, 0.5) is 0 Å². The standard InChI is InChI=1S/C25H34N2O2S/c1-19-11-9-10-14-22(19)17-27(20(2)24(29)26-25(3,4)5)23(28)15-16-30-18-21-12-7-6-8-13-21/h6-14,20H,15-18H2,1-5H3,(H,26,29)/t20-/m1/s1. The van der Waals surface area contributed by atoms with Gasteiger partial charge in [-0.25, -0.2) is 0 Å². The number of thioether (sulfide) groups is 1. The molecule has 0 spiro atoms. The molecule has 2 rings (SSSR count). The quantitative estimate of drug-likeness (QED) is 0.577. The molecule has 1 atom stereocenters. The lowest BCUT2D eigenvalue weighted by molar-refractivity contribution is -0.140. The smallest absolute Gasteiger partial charge is 0.242 e. The van der Waals surface area contributed by atoms with Gasteiger partial charge in [-0.05, 0) is 51.3 Å². The maximum atomic E-state index is 13.1. The molecule has 0 unspecified atom stereocenters. The molecular weight excluding hydrogens is 392 g/mol. The van der Waals surface area contributed by atoms with Crippen molar-refractivity contribution in [1.82, 2.24) is 10.2 Å². The number of aryl methyl sites for hydroxylation is 1. The summed E-state index contributed by atoms with van der Waals surface area (Å²) in [6.07, 6.45) is 0.413. The third-order valence-corrected chi connectivity index (χ3v) is 5.87. The lowest BCUT2D eigenvalue weighted by Gasteiger charge is -2.32. The number of nitrogens with zero attached hydrogens (tertiary/aromatic N) is 1. The van der Waals surface area contributed by atoms with Gasteiger partial charge in [0.05, 0.1) is 0 Å². The number of amides is 2. The Bertz CT molecular complexity index is 831. The van der Waals surface area contributed by atoms with E-state index in [1.54, 1.807) is 16.7 Å². The molecule has 0 radical (unpaired) electrons. The van der Waals surface area contributed by atoms with Crippen molar-refractivity contribution >= 4 is 23.6 Å². The summed E-state index contributed by atoms with van der Waals surface area (Å²) in [6, 6.07) is 17.7. The number of nitrogens with one attached hydrogen (secondary N) is 1. The molecule has 0 aliphatic heterocycles. The molecule has 0 saturated heterocycles. The van der Waals surface area contributed by atoms with Crippen LogP contribution in [0.5, 0.6) is 0 Å². The summed E-state index contributed by atoms with van der Waals surface area (Å²) in [5.74, 6) is 1.49. The highest BCUT2D eigenvalue weighted by atomic mass is 32.2. The largest absolute Gasteiger partial charge is 0.350 e. The second kappa shape index (κ2) is 11.2. The van der Waals surface area contributed by atoms with Crippen LogP contribution in [0.3, 0.4) is 0 Å². The van der Waals surface area contributed by atoms with Gasteiger partial charge in [-0.2, -0.15) is 11.8 Å². The van der Waals surface area contributed by atoms with Gasteiger partial charge < -0.3 is 10.2 Å². The number of carbonyl (C=O) groups excluding carboxylic acids is 2. The first-order valence-corrected chi connectivity index (χ1v) is 11.6. The van der Waals surface area contributed by atoms with Crippen LogP contribution in [0.1, 0.15) is 50.8 Å². The van der Waals surface area contributed by atoms with Gasteiger partial charge in [-0.15, -0.1) is 0 Å². The van der Waals surface area contributed by atoms with Gasteiger partial charge >= 0.3 is 0 Å². The zero-order valence-electron chi connectivity index (χ0n) is 18.8. The molecule has 5 heteroatoms. The van der Waals surface area contributed by atoms with Crippen molar-refractivity contribution in [1.29, 1.82) is 0 Å². The maximum absolute atomic E-state index is 13.1. The normalized spacial score (nSPS) is 12.3. The predicted octanol–water partition coefficient (Wildman–Crippen LogP) is 4.95. The number of hydrogen-bond donors (Lipinski definition) is 1. The van der Waals surface area contributed by atoms with Gasteiger partial charge in [0.1, 0.15) is 6.04 Å².